The Hall–Kier alpha value is -1.04. The van der Waals surface area contributed by atoms with Crippen LogP contribution in [0.3, 0.4) is 0 Å². The van der Waals surface area contributed by atoms with E-state index in [2.05, 4.69) is 58.7 Å². The van der Waals surface area contributed by atoms with Crippen LogP contribution in [0, 0.1) is 6.92 Å². The van der Waals surface area contributed by atoms with Crippen molar-refractivity contribution < 1.29 is 9.47 Å². The molecule has 0 radical (unpaired) electrons. The van der Waals surface area contributed by atoms with Gasteiger partial charge in [-0.3, -0.25) is 0 Å². The summed E-state index contributed by atoms with van der Waals surface area (Å²) in [5.41, 5.74) is 2.18. The number of rotatable bonds is 7. The maximum absolute atomic E-state index is 5.81. The Morgan fingerprint density at radius 1 is 1.29 bits per heavy atom. The average molecular weight is 370 g/mol. The third-order valence-electron chi connectivity index (χ3n) is 3.09. The number of halogens is 1. The van der Waals surface area contributed by atoms with Gasteiger partial charge in [0.25, 0.3) is 0 Å². The van der Waals surface area contributed by atoms with Crippen LogP contribution in [0.1, 0.15) is 23.4 Å². The number of ether oxygens (including phenoxy) is 2. The van der Waals surface area contributed by atoms with E-state index < -0.39 is 0 Å². The molecule has 1 aromatic heterocycles. The molecule has 1 unspecified atom stereocenters. The Labute approximate surface area is 138 Å². The zero-order chi connectivity index (χ0) is 15.2. The molecule has 114 valence electrons. The predicted molar refractivity (Wildman–Crippen MR) is 92.6 cm³/mol. The lowest BCUT2D eigenvalue weighted by atomic mass is 10.2. The summed E-state index contributed by atoms with van der Waals surface area (Å²) in [5.74, 6) is 0.867. The third kappa shape index (κ3) is 4.46. The van der Waals surface area contributed by atoms with E-state index in [0.717, 1.165) is 15.9 Å². The Balaban J connectivity index is 2.13. The molecule has 21 heavy (non-hydrogen) atoms. The van der Waals surface area contributed by atoms with E-state index in [9.17, 15) is 0 Å². The van der Waals surface area contributed by atoms with Crippen LogP contribution in [0.2, 0.25) is 0 Å². The summed E-state index contributed by atoms with van der Waals surface area (Å²) in [6.45, 7) is 5.34. The molecule has 0 aliphatic rings. The van der Waals surface area contributed by atoms with Crippen molar-refractivity contribution in [3.05, 3.63) is 44.6 Å². The van der Waals surface area contributed by atoms with Gasteiger partial charge in [-0.25, -0.2) is 0 Å². The van der Waals surface area contributed by atoms with Gasteiger partial charge in [0.05, 0.1) is 18.3 Å². The fraction of sp³-hybridized carbons (Fsp3) is 0.375. The monoisotopic (exact) mass is 369 g/mol. The number of aryl methyl sites for hydroxylation is 1. The number of anilines is 1. The lowest BCUT2D eigenvalue weighted by Crippen LogP contribution is -2.10. The van der Waals surface area contributed by atoms with E-state index in [1.807, 2.05) is 6.07 Å². The van der Waals surface area contributed by atoms with Gasteiger partial charge in [0.1, 0.15) is 12.4 Å². The lowest BCUT2D eigenvalue weighted by Gasteiger charge is -2.18. The van der Waals surface area contributed by atoms with Crippen molar-refractivity contribution in [3.8, 4) is 5.75 Å². The number of thiophene rings is 1. The molecule has 2 aromatic rings. The standard InChI is InChI=1S/C16H20BrNO2S/c1-11-4-5-14(15(10-11)20-8-7-19-3)18-12(2)16-13(17)6-9-21-16/h4-6,9-10,12,18H,7-8H2,1-3H3. The largest absolute Gasteiger partial charge is 0.489 e. The minimum atomic E-state index is 0.215. The van der Waals surface area contributed by atoms with Gasteiger partial charge in [-0.1, -0.05) is 6.07 Å². The highest BCUT2D eigenvalue weighted by Gasteiger charge is 2.13. The molecule has 0 saturated carbocycles. The van der Waals surface area contributed by atoms with Crippen molar-refractivity contribution in [1.82, 2.24) is 0 Å². The summed E-state index contributed by atoms with van der Waals surface area (Å²) >= 11 is 5.32. The minimum absolute atomic E-state index is 0.215. The molecule has 0 aliphatic carbocycles. The van der Waals surface area contributed by atoms with Gasteiger partial charge < -0.3 is 14.8 Å². The van der Waals surface area contributed by atoms with Crippen LogP contribution in [-0.4, -0.2) is 20.3 Å². The first kappa shape index (κ1) is 16.3. The average Bonchev–Trinajstić information content (AvgIpc) is 2.88. The van der Waals surface area contributed by atoms with Gasteiger partial charge in [-0.2, -0.15) is 0 Å². The van der Waals surface area contributed by atoms with E-state index in [4.69, 9.17) is 9.47 Å². The normalized spacial score (nSPS) is 12.2. The molecule has 0 aliphatic heterocycles. The van der Waals surface area contributed by atoms with Gasteiger partial charge in [-0.15, -0.1) is 11.3 Å². The Kier molecular flexibility index (Phi) is 6.08. The SMILES string of the molecule is COCCOc1cc(C)ccc1NC(C)c1sccc1Br. The number of benzene rings is 1. The molecule has 2 rings (SSSR count). The first-order valence-electron chi connectivity index (χ1n) is 6.83. The zero-order valence-electron chi connectivity index (χ0n) is 12.5. The fourth-order valence-electron chi connectivity index (χ4n) is 2.02. The molecule has 0 fully saturated rings. The van der Waals surface area contributed by atoms with Crippen LogP contribution in [0.5, 0.6) is 5.75 Å². The fourth-order valence-corrected chi connectivity index (χ4v) is 3.74. The molecular weight excluding hydrogens is 350 g/mol. The number of methoxy groups -OCH3 is 1. The molecule has 1 N–H and O–H groups in total. The third-order valence-corrected chi connectivity index (χ3v) is 5.15. The smallest absolute Gasteiger partial charge is 0.142 e. The summed E-state index contributed by atoms with van der Waals surface area (Å²) < 4.78 is 12.0. The van der Waals surface area contributed by atoms with Crippen LogP contribution in [0.15, 0.2) is 34.1 Å². The van der Waals surface area contributed by atoms with Crippen molar-refractivity contribution in [2.24, 2.45) is 0 Å². The summed E-state index contributed by atoms with van der Waals surface area (Å²) in [6.07, 6.45) is 0. The van der Waals surface area contributed by atoms with Crippen molar-refractivity contribution >= 4 is 33.0 Å². The topological polar surface area (TPSA) is 30.5 Å². The zero-order valence-corrected chi connectivity index (χ0v) is 14.9. The van der Waals surface area contributed by atoms with E-state index in [-0.39, 0.29) is 6.04 Å². The van der Waals surface area contributed by atoms with E-state index in [1.165, 1.54) is 10.4 Å². The van der Waals surface area contributed by atoms with Gasteiger partial charge in [0.2, 0.25) is 0 Å². The quantitative estimate of drug-likeness (QED) is 0.695. The first-order valence-corrected chi connectivity index (χ1v) is 8.51. The number of nitrogens with one attached hydrogen (secondary N) is 1. The molecular formula is C16H20BrNO2S. The molecule has 0 bridgehead atoms. The predicted octanol–water partition coefficient (Wildman–Crippen LogP) is 5.02. The molecule has 3 nitrogen and oxygen atoms in total. The van der Waals surface area contributed by atoms with Crippen LogP contribution in [-0.2, 0) is 4.74 Å². The van der Waals surface area contributed by atoms with Crippen molar-refractivity contribution in [3.63, 3.8) is 0 Å². The Bertz CT molecular complexity index is 585. The van der Waals surface area contributed by atoms with Crippen molar-refractivity contribution in [2.45, 2.75) is 19.9 Å². The van der Waals surface area contributed by atoms with E-state index in [1.54, 1.807) is 18.4 Å². The van der Waals surface area contributed by atoms with Crippen LogP contribution in [0.25, 0.3) is 0 Å². The molecule has 0 saturated heterocycles. The Morgan fingerprint density at radius 3 is 2.76 bits per heavy atom. The first-order chi connectivity index (χ1) is 10.1. The second-order valence-electron chi connectivity index (χ2n) is 4.84. The maximum atomic E-state index is 5.81. The van der Waals surface area contributed by atoms with Crippen molar-refractivity contribution in [1.29, 1.82) is 0 Å². The van der Waals surface area contributed by atoms with Gasteiger partial charge in [-0.05, 0) is 58.9 Å². The Morgan fingerprint density at radius 2 is 2.10 bits per heavy atom. The highest BCUT2D eigenvalue weighted by molar-refractivity contribution is 9.10. The summed E-state index contributed by atoms with van der Waals surface area (Å²) in [6, 6.07) is 8.49. The van der Waals surface area contributed by atoms with Crippen molar-refractivity contribution in [2.75, 3.05) is 25.6 Å². The summed E-state index contributed by atoms with van der Waals surface area (Å²) in [4.78, 5) is 1.28. The van der Waals surface area contributed by atoms with Gasteiger partial charge in [0.15, 0.2) is 0 Å². The highest BCUT2D eigenvalue weighted by atomic mass is 79.9. The van der Waals surface area contributed by atoms with Gasteiger partial charge >= 0.3 is 0 Å². The van der Waals surface area contributed by atoms with Crippen LogP contribution in [0.4, 0.5) is 5.69 Å². The maximum Gasteiger partial charge on any atom is 0.142 e. The molecule has 0 spiro atoms. The highest BCUT2D eigenvalue weighted by Crippen LogP contribution is 2.34. The second-order valence-corrected chi connectivity index (χ2v) is 6.64. The molecule has 0 amide bonds. The molecule has 5 heteroatoms. The number of hydrogen-bond donors (Lipinski definition) is 1. The summed E-state index contributed by atoms with van der Waals surface area (Å²) in [5, 5.41) is 5.61. The lowest BCUT2D eigenvalue weighted by molar-refractivity contribution is 0.146. The molecule has 1 heterocycles. The molecule has 1 atom stereocenters. The number of hydrogen-bond acceptors (Lipinski definition) is 4. The van der Waals surface area contributed by atoms with E-state index in [0.29, 0.717) is 13.2 Å². The summed E-state index contributed by atoms with van der Waals surface area (Å²) in [7, 11) is 1.68. The minimum Gasteiger partial charge on any atom is -0.489 e. The second kappa shape index (κ2) is 7.82. The van der Waals surface area contributed by atoms with E-state index >= 15 is 0 Å². The van der Waals surface area contributed by atoms with Crippen LogP contribution >= 0.6 is 27.3 Å². The van der Waals surface area contributed by atoms with Crippen LogP contribution < -0.4 is 10.1 Å². The molecule has 1 aromatic carbocycles. The van der Waals surface area contributed by atoms with Gasteiger partial charge in [0, 0.05) is 16.5 Å².